The minimum absolute atomic E-state index is 0.290. The van der Waals surface area contributed by atoms with Crippen LogP contribution in [-0.2, 0) is 9.59 Å². The Kier molecular flexibility index (Phi) is 6.23. The number of para-hydroxylation sites is 1. The molecule has 0 atom stereocenters. The predicted molar refractivity (Wildman–Crippen MR) is 128 cm³/mol. The Morgan fingerprint density at radius 3 is 2.18 bits per heavy atom. The van der Waals surface area contributed by atoms with Gasteiger partial charge in [0.05, 0.1) is 29.5 Å². The Hall–Kier alpha value is -4.37. The van der Waals surface area contributed by atoms with Crippen molar-refractivity contribution in [3.05, 3.63) is 95.7 Å². The van der Waals surface area contributed by atoms with Crippen molar-refractivity contribution < 1.29 is 14.3 Å². The average molecular weight is 437 g/mol. The van der Waals surface area contributed by atoms with Gasteiger partial charge in [-0.15, -0.1) is 0 Å². The molecule has 0 unspecified atom stereocenters. The van der Waals surface area contributed by atoms with Crippen molar-refractivity contribution in [3.63, 3.8) is 0 Å². The van der Waals surface area contributed by atoms with E-state index in [4.69, 9.17) is 10.00 Å². The number of anilines is 2. The van der Waals surface area contributed by atoms with Gasteiger partial charge in [0.25, 0.3) is 11.8 Å². The van der Waals surface area contributed by atoms with Crippen LogP contribution < -0.4 is 14.5 Å². The number of likely N-dealkylation sites (N-methyl/N-ethyl adjacent to an activating group) is 1. The molecule has 0 N–H and O–H groups in total. The van der Waals surface area contributed by atoms with Crippen molar-refractivity contribution in [3.8, 4) is 11.8 Å². The zero-order chi connectivity index (χ0) is 23.4. The molecule has 6 heteroatoms. The largest absolute Gasteiger partial charge is 0.494 e. The molecular formula is C27H23N3O3. The molecule has 0 fully saturated rings. The Morgan fingerprint density at radius 1 is 0.909 bits per heavy atom. The maximum atomic E-state index is 13.6. The number of imide groups is 1. The first-order chi connectivity index (χ1) is 16.0. The van der Waals surface area contributed by atoms with Crippen LogP contribution >= 0.6 is 0 Å². The minimum atomic E-state index is -0.419. The lowest BCUT2D eigenvalue weighted by Crippen LogP contribution is -2.34. The third-order valence-corrected chi connectivity index (χ3v) is 5.41. The van der Waals surface area contributed by atoms with Gasteiger partial charge in [-0.2, -0.15) is 5.26 Å². The summed E-state index contributed by atoms with van der Waals surface area (Å²) in [6.07, 6.45) is 0.894. The molecule has 0 saturated heterocycles. The van der Waals surface area contributed by atoms with Gasteiger partial charge in [-0.1, -0.05) is 37.3 Å². The lowest BCUT2D eigenvalue weighted by Gasteiger charge is -2.21. The zero-order valence-corrected chi connectivity index (χ0v) is 18.5. The van der Waals surface area contributed by atoms with Crippen molar-refractivity contribution >= 4 is 28.8 Å². The first kappa shape index (κ1) is 21.8. The molecule has 3 aromatic carbocycles. The number of carbonyl (C=O) groups is 2. The number of benzene rings is 3. The molecule has 6 nitrogen and oxygen atoms in total. The molecule has 1 aliphatic rings. The molecule has 0 saturated carbocycles. The molecule has 0 aromatic heterocycles. The maximum absolute atomic E-state index is 13.6. The zero-order valence-electron chi connectivity index (χ0n) is 18.5. The van der Waals surface area contributed by atoms with Gasteiger partial charge in [-0.3, -0.25) is 9.59 Å². The van der Waals surface area contributed by atoms with Gasteiger partial charge in [0.2, 0.25) is 0 Å². The molecule has 1 heterocycles. The van der Waals surface area contributed by atoms with E-state index < -0.39 is 11.8 Å². The Labute approximate surface area is 192 Å². The quantitative estimate of drug-likeness (QED) is 0.498. The summed E-state index contributed by atoms with van der Waals surface area (Å²) < 4.78 is 5.66. The van der Waals surface area contributed by atoms with Crippen LogP contribution in [0.5, 0.6) is 5.75 Å². The SMILES string of the molecule is CCCOc1ccc(C2=C(N(C)c3ccccc3)C(=O)N(c3ccc(C#N)cc3)C2=O)cc1. The fraction of sp³-hybridized carbons (Fsp3) is 0.148. The van der Waals surface area contributed by atoms with Crippen LogP contribution in [0.4, 0.5) is 11.4 Å². The maximum Gasteiger partial charge on any atom is 0.282 e. The normalized spacial score (nSPS) is 13.3. The second-order valence-corrected chi connectivity index (χ2v) is 7.60. The fourth-order valence-corrected chi connectivity index (χ4v) is 3.73. The molecule has 0 bridgehead atoms. The van der Waals surface area contributed by atoms with Crippen LogP contribution in [0, 0.1) is 11.3 Å². The number of hydrogen-bond donors (Lipinski definition) is 0. The van der Waals surface area contributed by atoms with Crippen LogP contribution in [0.1, 0.15) is 24.5 Å². The highest BCUT2D eigenvalue weighted by atomic mass is 16.5. The number of amides is 2. The first-order valence-electron chi connectivity index (χ1n) is 10.7. The smallest absolute Gasteiger partial charge is 0.282 e. The van der Waals surface area contributed by atoms with Gasteiger partial charge in [-0.05, 0) is 60.5 Å². The van der Waals surface area contributed by atoms with E-state index in [2.05, 4.69) is 6.07 Å². The molecule has 0 radical (unpaired) electrons. The van der Waals surface area contributed by atoms with Crippen LogP contribution in [0.2, 0.25) is 0 Å². The fourth-order valence-electron chi connectivity index (χ4n) is 3.73. The molecule has 0 aliphatic carbocycles. The van der Waals surface area contributed by atoms with Crippen LogP contribution in [0.3, 0.4) is 0 Å². The second kappa shape index (κ2) is 9.41. The molecule has 33 heavy (non-hydrogen) atoms. The summed E-state index contributed by atoms with van der Waals surface area (Å²) in [7, 11) is 1.77. The lowest BCUT2D eigenvalue weighted by molar-refractivity contribution is -0.120. The summed E-state index contributed by atoms with van der Waals surface area (Å²) in [5.74, 6) is -0.123. The van der Waals surface area contributed by atoms with E-state index in [9.17, 15) is 9.59 Å². The first-order valence-corrected chi connectivity index (χ1v) is 10.7. The molecule has 164 valence electrons. The Balaban J connectivity index is 1.79. The molecule has 2 amide bonds. The van der Waals surface area contributed by atoms with Crippen molar-refractivity contribution in [2.24, 2.45) is 0 Å². The topological polar surface area (TPSA) is 73.6 Å². The van der Waals surface area contributed by atoms with E-state index in [1.807, 2.05) is 37.3 Å². The van der Waals surface area contributed by atoms with E-state index in [-0.39, 0.29) is 5.70 Å². The van der Waals surface area contributed by atoms with Crippen molar-refractivity contribution in [2.75, 3.05) is 23.5 Å². The highest BCUT2D eigenvalue weighted by Crippen LogP contribution is 2.36. The van der Waals surface area contributed by atoms with Gasteiger partial charge in [0.15, 0.2) is 0 Å². The minimum Gasteiger partial charge on any atom is -0.494 e. The molecule has 3 aromatic rings. The van der Waals surface area contributed by atoms with Gasteiger partial charge in [-0.25, -0.2) is 4.90 Å². The van der Waals surface area contributed by atoms with Crippen molar-refractivity contribution in [1.82, 2.24) is 0 Å². The number of nitriles is 1. The van der Waals surface area contributed by atoms with E-state index in [0.717, 1.165) is 17.0 Å². The summed E-state index contributed by atoms with van der Waals surface area (Å²) in [6.45, 7) is 2.64. The summed E-state index contributed by atoms with van der Waals surface area (Å²) in [5.41, 5.74) is 2.90. The standard InChI is InChI=1S/C27H23N3O3/c1-3-17-33-23-15-11-20(12-16-23)24-25(29(2)21-7-5-4-6-8-21)27(32)30(26(24)31)22-13-9-19(18-28)10-14-22/h4-16H,3,17H2,1-2H3. The lowest BCUT2D eigenvalue weighted by atomic mass is 10.0. The number of ether oxygens (including phenoxy) is 1. The monoisotopic (exact) mass is 437 g/mol. The van der Waals surface area contributed by atoms with Gasteiger partial charge in [0, 0.05) is 12.7 Å². The van der Waals surface area contributed by atoms with Crippen LogP contribution in [0.25, 0.3) is 5.57 Å². The Bertz CT molecular complexity index is 1240. The van der Waals surface area contributed by atoms with E-state index in [1.165, 1.54) is 0 Å². The summed E-state index contributed by atoms with van der Waals surface area (Å²) in [5, 5.41) is 9.08. The van der Waals surface area contributed by atoms with Crippen LogP contribution in [0.15, 0.2) is 84.6 Å². The average Bonchev–Trinajstić information content (AvgIpc) is 3.13. The van der Waals surface area contributed by atoms with Gasteiger partial charge in [0.1, 0.15) is 11.4 Å². The third-order valence-electron chi connectivity index (χ3n) is 5.41. The predicted octanol–water partition coefficient (Wildman–Crippen LogP) is 4.77. The van der Waals surface area contributed by atoms with Gasteiger partial charge < -0.3 is 9.64 Å². The van der Waals surface area contributed by atoms with E-state index in [0.29, 0.717) is 34.7 Å². The highest BCUT2D eigenvalue weighted by molar-refractivity contribution is 6.46. The number of carbonyl (C=O) groups excluding carboxylic acids is 2. The van der Waals surface area contributed by atoms with Crippen LogP contribution in [-0.4, -0.2) is 25.5 Å². The third kappa shape index (κ3) is 4.21. The van der Waals surface area contributed by atoms with E-state index in [1.54, 1.807) is 60.5 Å². The number of hydrogen-bond acceptors (Lipinski definition) is 5. The number of nitrogens with zero attached hydrogens (tertiary/aromatic N) is 3. The van der Waals surface area contributed by atoms with Gasteiger partial charge >= 0.3 is 0 Å². The Morgan fingerprint density at radius 2 is 1.58 bits per heavy atom. The summed E-state index contributed by atoms with van der Waals surface area (Å²) >= 11 is 0. The molecule has 0 spiro atoms. The molecular weight excluding hydrogens is 414 g/mol. The summed E-state index contributed by atoms with van der Waals surface area (Å²) in [4.78, 5) is 30.1. The van der Waals surface area contributed by atoms with E-state index >= 15 is 0 Å². The number of rotatable bonds is 7. The molecule has 4 rings (SSSR count). The highest BCUT2D eigenvalue weighted by Gasteiger charge is 2.42. The van der Waals surface area contributed by atoms with Crippen molar-refractivity contribution in [2.45, 2.75) is 13.3 Å². The summed E-state index contributed by atoms with van der Waals surface area (Å²) in [6, 6.07) is 25.1. The molecule has 1 aliphatic heterocycles. The van der Waals surface area contributed by atoms with Crippen molar-refractivity contribution in [1.29, 1.82) is 5.26 Å². The second-order valence-electron chi connectivity index (χ2n) is 7.60.